The number of amides is 2. The van der Waals surface area contributed by atoms with Crippen LogP contribution in [-0.2, 0) is 9.53 Å². The van der Waals surface area contributed by atoms with E-state index in [1.807, 2.05) is 17.8 Å². The summed E-state index contributed by atoms with van der Waals surface area (Å²) >= 11 is 0. The molecule has 2 heterocycles. The second kappa shape index (κ2) is 7.48. The highest BCUT2D eigenvalue weighted by Gasteiger charge is 2.36. The number of nitriles is 1. The van der Waals surface area contributed by atoms with Crippen molar-refractivity contribution in [3.63, 3.8) is 0 Å². The largest absolute Gasteiger partial charge is 0.446 e. The molecule has 30 heavy (non-hydrogen) atoms. The first-order chi connectivity index (χ1) is 14.3. The first-order valence-corrected chi connectivity index (χ1v) is 10.2. The maximum atomic E-state index is 12.8. The van der Waals surface area contributed by atoms with Crippen molar-refractivity contribution >= 4 is 23.4 Å². The van der Waals surface area contributed by atoms with Gasteiger partial charge in [-0.15, -0.1) is 0 Å². The van der Waals surface area contributed by atoms with E-state index in [1.54, 1.807) is 42.0 Å². The van der Waals surface area contributed by atoms with Gasteiger partial charge in [0, 0.05) is 30.8 Å². The Morgan fingerprint density at radius 2 is 2.00 bits per heavy atom. The Bertz CT molecular complexity index is 1050. The summed E-state index contributed by atoms with van der Waals surface area (Å²) in [5, 5.41) is 14.2. The fourth-order valence-electron chi connectivity index (χ4n) is 3.93. The lowest BCUT2D eigenvalue weighted by Crippen LogP contribution is -2.51. The minimum absolute atomic E-state index is 0.140. The molecule has 1 unspecified atom stereocenters. The lowest BCUT2D eigenvalue weighted by Gasteiger charge is -2.40. The Labute approximate surface area is 175 Å². The molecule has 0 bridgehead atoms. The fraction of sp³-hybridized carbons (Fsp3) is 0.455. The first-order valence-electron chi connectivity index (χ1n) is 10.2. The molecule has 0 saturated heterocycles. The highest BCUT2D eigenvalue weighted by molar-refractivity contribution is 6.03. The second-order valence-electron chi connectivity index (χ2n) is 8.22. The third kappa shape index (κ3) is 3.52. The van der Waals surface area contributed by atoms with Crippen molar-refractivity contribution in [2.45, 2.75) is 58.7 Å². The lowest BCUT2D eigenvalue weighted by atomic mass is 9.97. The van der Waals surface area contributed by atoms with E-state index in [4.69, 9.17) is 4.74 Å². The molecular formula is C22H25N5O3. The molecule has 1 aromatic carbocycles. The van der Waals surface area contributed by atoms with Gasteiger partial charge < -0.3 is 9.64 Å². The molecule has 1 aliphatic carbocycles. The van der Waals surface area contributed by atoms with E-state index in [9.17, 15) is 14.9 Å². The van der Waals surface area contributed by atoms with Crippen LogP contribution in [-0.4, -0.2) is 40.5 Å². The molecular weight excluding hydrogens is 382 g/mol. The average Bonchev–Trinajstić information content (AvgIpc) is 3.42. The van der Waals surface area contributed by atoms with Gasteiger partial charge >= 0.3 is 6.09 Å². The topological polar surface area (TPSA) is 91.5 Å². The molecule has 2 aliphatic rings. The highest BCUT2D eigenvalue weighted by atomic mass is 16.6. The Morgan fingerprint density at radius 1 is 1.27 bits per heavy atom. The minimum Gasteiger partial charge on any atom is -0.446 e. The fourth-order valence-corrected chi connectivity index (χ4v) is 3.93. The van der Waals surface area contributed by atoms with Gasteiger partial charge in [0.1, 0.15) is 0 Å². The van der Waals surface area contributed by atoms with Gasteiger partial charge in [-0.2, -0.15) is 10.4 Å². The number of carbonyl (C=O) groups is 2. The molecule has 1 fully saturated rings. The summed E-state index contributed by atoms with van der Waals surface area (Å²) < 4.78 is 7.36. The molecule has 1 saturated carbocycles. The molecule has 8 heteroatoms. The van der Waals surface area contributed by atoms with Crippen LogP contribution in [0.3, 0.4) is 0 Å². The maximum absolute atomic E-state index is 12.8. The SMILES string of the molecule is CC(=O)N1c2cc(C#N)c(-c3cnn(C4CC4)c3)cc2N(C(=O)OC(C)C)CC1C. The standard InChI is InChI=1S/C22H25N5O3/c1-13(2)30-22(29)25-11-14(3)27(15(4)28)21-7-16(9-23)19(8-20(21)25)17-10-24-26(12-17)18-5-6-18/h7-8,10,12-14,18H,5-6,11H2,1-4H3. The van der Waals surface area contributed by atoms with Gasteiger partial charge in [-0.25, -0.2) is 4.79 Å². The number of nitrogens with zero attached hydrogens (tertiary/aromatic N) is 5. The molecule has 1 aliphatic heterocycles. The van der Waals surface area contributed by atoms with Gasteiger partial charge in [-0.1, -0.05) is 0 Å². The maximum Gasteiger partial charge on any atom is 0.414 e. The average molecular weight is 407 g/mol. The number of aromatic nitrogens is 2. The van der Waals surface area contributed by atoms with Crippen LogP contribution in [0.4, 0.5) is 16.2 Å². The van der Waals surface area contributed by atoms with E-state index in [-0.39, 0.29) is 18.1 Å². The smallest absolute Gasteiger partial charge is 0.414 e. The zero-order chi connectivity index (χ0) is 21.6. The Morgan fingerprint density at radius 3 is 2.60 bits per heavy atom. The van der Waals surface area contributed by atoms with Crippen LogP contribution in [0.15, 0.2) is 24.5 Å². The van der Waals surface area contributed by atoms with Gasteiger partial charge in [0.05, 0.1) is 47.4 Å². The van der Waals surface area contributed by atoms with Gasteiger partial charge in [-0.05, 0) is 45.7 Å². The van der Waals surface area contributed by atoms with Crippen molar-refractivity contribution in [1.29, 1.82) is 5.26 Å². The van der Waals surface area contributed by atoms with Crippen LogP contribution in [0.1, 0.15) is 52.1 Å². The second-order valence-corrected chi connectivity index (χ2v) is 8.22. The molecule has 1 atom stereocenters. The third-order valence-electron chi connectivity index (χ3n) is 5.40. The highest BCUT2D eigenvalue weighted by Crippen LogP contribution is 2.42. The van der Waals surface area contributed by atoms with E-state index >= 15 is 0 Å². The summed E-state index contributed by atoms with van der Waals surface area (Å²) in [6.07, 6.45) is 5.16. The van der Waals surface area contributed by atoms with Crippen molar-refractivity contribution in [2.24, 2.45) is 0 Å². The predicted octanol–water partition coefficient (Wildman–Crippen LogP) is 3.86. The Hall–Kier alpha value is -3.34. The van der Waals surface area contributed by atoms with Crippen molar-refractivity contribution < 1.29 is 14.3 Å². The van der Waals surface area contributed by atoms with Crippen molar-refractivity contribution in [3.05, 3.63) is 30.1 Å². The van der Waals surface area contributed by atoms with E-state index in [0.717, 1.165) is 18.4 Å². The molecule has 156 valence electrons. The number of carbonyl (C=O) groups excluding carboxylic acids is 2. The zero-order valence-corrected chi connectivity index (χ0v) is 17.6. The van der Waals surface area contributed by atoms with Crippen LogP contribution in [0.25, 0.3) is 11.1 Å². The van der Waals surface area contributed by atoms with E-state index < -0.39 is 6.09 Å². The third-order valence-corrected chi connectivity index (χ3v) is 5.40. The summed E-state index contributed by atoms with van der Waals surface area (Å²) in [6, 6.07) is 5.90. The summed E-state index contributed by atoms with van der Waals surface area (Å²) in [6.45, 7) is 7.27. The molecule has 1 aromatic heterocycles. The monoisotopic (exact) mass is 407 g/mol. The zero-order valence-electron chi connectivity index (χ0n) is 17.6. The molecule has 8 nitrogen and oxygen atoms in total. The number of rotatable bonds is 3. The predicted molar refractivity (Wildman–Crippen MR) is 112 cm³/mol. The van der Waals surface area contributed by atoms with Crippen LogP contribution >= 0.6 is 0 Å². The lowest BCUT2D eigenvalue weighted by molar-refractivity contribution is -0.117. The first kappa shape index (κ1) is 20.0. The summed E-state index contributed by atoms with van der Waals surface area (Å²) in [4.78, 5) is 28.4. The summed E-state index contributed by atoms with van der Waals surface area (Å²) in [5.41, 5.74) is 3.02. The van der Waals surface area contributed by atoms with E-state index in [1.165, 1.54) is 6.92 Å². The number of anilines is 2. The number of fused-ring (bicyclic) bond motifs is 1. The van der Waals surface area contributed by atoms with Crippen LogP contribution in [0.5, 0.6) is 0 Å². The normalized spacial score (nSPS) is 18.2. The van der Waals surface area contributed by atoms with Crippen LogP contribution < -0.4 is 9.80 Å². The van der Waals surface area contributed by atoms with Gasteiger partial charge in [0.15, 0.2) is 0 Å². The Balaban J connectivity index is 1.85. The number of hydrogen-bond donors (Lipinski definition) is 0. The number of hydrogen-bond acceptors (Lipinski definition) is 5. The number of benzene rings is 1. The Kier molecular flexibility index (Phi) is 4.98. The summed E-state index contributed by atoms with van der Waals surface area (Å²) in [5.74, 6) is -0.140. The van der Waals surface area contributed by atoms with Gasteiger partial charge in [0.2, 0.25) is 5.91 Å². The van der Waals surface area contributed by atoms with Crippen molar-refractivity contribution in [2.75, 3.05) is 16.3 Å². The molecule has 4 rings (SSSR count). The quantitative estimate of drug-likeness (QED) is 0.770. The van der Waals surface area contributed by atoms with Crippen molar-refractivity contribution in [3.8, 4) is 17.2 Å². The van der Waals surface area contributed by atoms with Crippen molar-refractivity contribution in [1.82, 2.24) is 9.78 Å². The van der Waals surface area contributed by atoms with Crippen LogP contribution in [0.2, 0.25) is 0 Å². The number of ether oxygens (including phenoxy) is 1. The van der Waals surface area contributed by atoms with Gasteiger partial charge in [-0.3, -0.25) is 14.4 Å². The van der Waals surface area contributed by atoms with E-state index in [2.05, 4.69) is 11.2 Å². The van der Waals surface area contributed by atoms with E-state index in [0.29, 0.717) is 35.1 Å². The van der Waals surface area contributed by atoms with Crippen LogP contribution in [0, 0.1) is 11.3 Å². The van der Waals surface area contributed by atoms with Gasteiger partial charge in [0.25, 0.3) is 0 Å². The minimum atomic E-state index is -0.467. The molecule has 2 aromatic rings. The molecule has 2 amide bonds. The molecule has 0 radical (unpaired) electrons. The summed E-state index contributed by atoms with van der Waals surface area (Å²) in [7, 11) is 0. The molecule has 0 spiro atoms. The molecule has 0 N–H and O–H groups in total.